The zero-order valence-corrected chi connectivity index (χ0v) is 17.1. The summed E-state index contributed by atoms with van der Waals surface area (Å²) in [6.07, 6.45) is 3.21. The predicted octanol–water partition coefficient (Wildman–Crippen LogP) is 3.98. The molecule has 0 aliphatic rings. The van der Waals surface area contributed by atoms with Crippen LogP contribution in [0.15, 0.2) is 65.4 Å². The maximum atomic E-state index is 12.7. The van der Waals surface area contributed by atoms with E-state index in [0.29, 0.717) is 5.56 Å². The maximum Gasteiger partial charge on any atom is 0.307 e. The van der Waals surface area contributed by atoms with Gasteiger partial charge < -0.3 is 10.1 Å². The molecule has 1 aromatic heterocycles. The SMILES string of the molecule is COC(=O)CC(NC(=O)c1cnn(-c2ccc(Br)cc2)c1)c1ccc(C)cc1. The van der Waals surface area contributed by atoms with Crippen LogP contribution in [0.4, 0.5) is 0 Å². The van der Waals surface area contributed by atoms with Crippen molar-refractivity contribution in [3.8, 4) is 5.69 Å². The van der Waals surface area contributed by atoms with E-state index in [4.69, 9.17) is 4.74 Å². The third-order valence-electron chi connectivity index (χ3n) is 4.32. The number of amides is 1. The van der Waals surface area contributed by atoms with E-state index >= 15 is 0 Å². The molecule has 28 heavy (non-hydrogen) atoms. The molecule has 1 amide bonds. The number of carbonyl (C=O) groups is 2. The number of aromatic nitrogens is 2. The number of aryl methyl sites for hydroxylation is 1. The highest BCUT2D eigenvalue weighted by molar-refractivity contribution is 9.10. The van der Waals surface area contributed by atoms with Gasteiger partial charge in [0.25, 0.3) is 5.91 Å². The summed E-state index contributed by atoms with van der Waals surface area (Å²) in [7, 11) is 1.33. The summed E-state index contributed by atoms with van der Waals surface area (Å²) >= 11 is 3.39. The summed E-state index contributed by atoms with van der Waals surface area (Å²) in [6.45, 7) is 1.98. The van der Waals surface area contributed by atoms with Crippen LogP contribution >= 0.6 is 15.9 Å². The van der Waals surface area contributed by atoms with Crippen molar-refractivity contribution in [2.45, 2.75) is 19.4 Å². The maximum absolute atomic E-state index is 12.7. The van der Waals surface area contributed by atoms with Crippen molar-refractivity contribution in [2.75, 3.05) is 7.11 Å². The second-order valence-corrected chi connectivity index (χ2v) is 7.28. The predicted molar refractivity (Wildman–Crippen MR) is 109 cm³/mol. The third-order valence-corrected chi connectivity index (χ3v) is 4.85. The molecule has 2 aromatic carbocycles. The Kier molecular flexibility index (Phi) is 6.26. The van der Waals surface area contributed by atoms with Gasteiger partial charge in [0.2, 0.25) is 0 Å². The minimum atomic E-state index is -0.489. The molecule has 0 aliphatic heterocycles. The lowest BCUT2D eigenvalue weighted by Gasteiger charge is -2.18. The van der Waals surface area contributed by atoms with Crippen LogP contribution in [0, 0.1) is 6.92 Å². The fourth-order valence-corrected chi connectivity index (χ4v) is 2.98. The minimum Gasteiger partial charge on any atom is -0.469 e. The van der Waals surface area contributed by atoms with Crippen molar-refractivity contribution in [3.05, 3.63) is 82.1 Å². The van der Waals surface area contributed by atoms with Gasteiger partial charge >= 0.3 is 5.97 Å². The number of ether oxygens (including phenoxy) is 1. The molecule has 0 spiro atoms. The molecule has 0 saturated heterocycles. The van der Waals surface area contributed by atoms with E-state index < -0.39 is 12.0 Å². The highest BCUT2D eigenvalue weighted by Crippen LogP contribution is 2.20. The molecule has 1 heterocycles. The van der Waals surface area contributed by atoms with Gasteiger partial charge in [0.1, 0.15) is 0 Å². The fourth-order valence-electron chi connectivity index (χ4n) is 2.72. The van der Waals surface area contributed by atoms with Crippen molar-refractivity contribution in [1.82, 2.24) is 15.1 Å². The Morgan fingerprint density at radius 1 is 1.14 bits per heavy atom. The molecule has 6 nitrogen and oxygen atoms in total. The van der Waals surface area contributed by atoms with Crippen LogP contribution in [0.25, 0.3) is 5.69 Å². The Bertz CT molecular complexity index is 965. The van der Waals surface area contributed by atoms with Gasteiger partial charge in [0.05, 0.1) is 37.0 Å². The average Bonchev–Trinajstić information content (AvgIpc) is 3.19. The molecular weight excluding hydrogens is 422 g/mol. The number of carbonyl (C=O) groups excluding carboxylic acids is 2. The van der Waals surface area contributed by atoms with Crippen molar-refractivity contribution in [2.24, 2.45) is 0 Å². The third kappa shape index (κ3) is 4.86. The van der Waals surface area contributed by atoms with E-state index in [1.165, 1.54) is 13.3 Å². The molecule has 1 N–H and O–H groups in total. The highest BCUT2D eigenvalue weighted by Gasteiger charge is 2.20. The number of benzene rings is 2. The lowest BCUT2D eigenvalue weighted by molar-refractivity contribution is -0.141. The van der Waals surface area contributed by atoms with E-state index in [1.807, 2.05) is 55.5 Å². The van der Waals surface area contributed by atoms with Crippen LogP contribution in [0.2, 0.25) is 0 Å². The summed E-state index contributed by atoms with van der Waals surface area (Å²) in [5, 5.41) is 7.16. The number of rotatable bonds is 6. The van der Waals surface area contributed by atoms with Crippen molar-refractivity contribution >= 4 is 27.8 Å². The van der Waals surface area contributed by atoms with E-state index in [0.717, 1.165) is 21.3 Å². The van der Waals surface area contributed by atoms with Crippen molar-refractivity contribution < 1.29 is 14.3 Å². The zero-order chi connectivity index (χ0) is 20.1. The molecule has 3 aromatic rings. The standard InChI is InChI=1S/C21H20BrN3O3/c1-14-3-5-15(6-4-14)19(11-20(26)28-2)24-21(27)16-12-23-25(13-16)18-9-7-17(22)8-10-18/h3-10,12-13,19H,11H2,1-2H3,(H,24,27). The van der Waals surface area contributed by atoms with Gasteiger partial charge in [-0.3, -0.25) is 9.59 Å². The fraction of sp³-hybridized carbons (Fsp3) is 0.190. The molecule has 144 valence electrons. The van der Waals surface area contributed by atoms with Crippen molar-refractivity contribution in [3.63, 3.8) is 0 Å². The summed E-state index contributed by atoms with van der Waals surface area (Å²) in [4.78, 5) is 24.5. The number of methoxy groups -OCH3 is 1. The van der Waals surface area contributed by atoms with Gasteiger partial charge in [-0.25, -0.2) is 4.68 Å². The second-order valence-electron chi connectivity index (χ2n) is 6.37. The largest absolute Gasteiger partial charge is 0.469 e. The first kappa shape index (κ1) is 19.8. The first-order valence-electron chi connectivity index (χ1n) is 8.71. The molecule has 7 heteroatoms. The van der Waals surface area contributed by atoms with Gasteiger partial charge in [0.15, 0.2) is 0 Å². The zero-order valence-electron chi connectivity index (χ0n) is 15.6. The number of hydrogen-bond acceptors (Lipinski definition) is 4. The molecular formula is C21H20BrN3O3. The Labute approximate surface area is 171 Å². The van der Waals surface area contributed by atoms with Gasteiger partial charge in [-0.15, -0.1) is 0 Å². The van der Waals surface area contributed by atoms with Gasteiger partial charge in [-0.1, -0.05) is 45.8 Å². The van der Waals surface area contributed by atoms with Gasteiger partial charge in [-0.2, -0.15) is 5.10 Å². The van der Waals surface area contributed by atoms with Gasteiger partial charge in [-0.05, 0) is 36.8 Å². The number of nitrogens with one attached hydrogen (secondary N) is 1. The molecule has 1 atom stereocenters. The molecule has 3 rings (SSSR count). The first-order valence-corrected chi connectivity index (χ1v) is 9.50. The smallest absolute Gasteiger partial charge is 0.307 e. The van der Waals surface area contributed by atoms with E-state index in [9.17, 15) is 9.59 Å². The molecule has 0 aliphatic carbocycles. The van der Waals surface area contributed by atoms with E-state index in [1.54, 1.807) is 10.9 Å². The van der Waals surface area contributed by atoms with Crippen LogP contribution in [0.1, 0.15) is 33.9 Å². The molecule has 0 radical (unpaired) electrons. The summed E-state index contributed by atoms with van der Waals surface area (Å²) in [5.41, 5.74) is 3.18. The molecule has 0 bridgehead atoms. The first-order chi connectivity index (χ1) is 13.5. The summed E-state index contributed by atoms with van der Waals surface area (Å²) in [6, 6.07) is 14.8. The Morgan fingerprint density at radius 2 is 1.82 bits per heavy atom. The number of esters is 1. The molecule has 0 saturated carbocycles. The van der Waals surface area contributed by atoms with E-state index in [2.05, 4.69) is 26.3 Å². The normalized spacial score (nSPS) is 11.7. The number of nitrogens with zero attached hydrogens (tertiary/aromatic N) is 2. The van der Waals surface area contributed by atoms with Crippen LogP contribution in [0.3, 0.4) is 0 Å². The topological polar surface area (TPSA) is 73.2 Å². The van der Waals surface area contributed by atoms with Crippen LogP contribution in [-0.2, 0) is 9.53 Å². The van der Waals surface area contributed by atoms with Crippen LogP contribution < -0.4 is 5.32 Å². The molecule has 0 fully saturated rings. The average molecular weight is 442 g/mol. The lowest BCUT2D eigenvalue weighted by Crippen LogP contribution is -2.30. The molecule has 1 unspecified atom stereocenters. The van der Waals surface area contributed by atoms with Crippen molar-refractivity contribution in [1.29, 1.82) is 0 Å². The van der Waals surface area contributed by atoms with E-state index in [-0.39, 0.29) is 12.3 Å². The minimum absolute atomic E-state index is 0.0478. The number of hydrogen-bond donors (Lipinski definition) is 1. The Morgan fingerprint density at radius 3 is 2.46 bits per heavy atom. The quantitative estimate of drug-likeness (QED) is 0.587. The van der Waals surface area contributed by atoms with Crippen LogP contribution in [0.5, 0.6) is 0 Å². The Balaban J connectivity index is 1.78. The monoisotopic (exact) mass is 441 g/mol. The summed E-state index contributed by atoms with van der Waals surface area (Å²) < 4.78 is 7.36. The highest BCUT2D eigenvalue weighted by atomic mass is 79.9. The second kappa shape index (κ2) is 8.84. The lowest BCUT2D eigenvalue weighted by atomic mass is 10.0. The van der Waals surface area contributed by atoms with Crippen LogP contribution in [-0.4, -0.2) is 28.8 Å². The summed E-state index contributed by atoms with van der Waals surface area (Å²) in [5.74, 6) is -0.700. The van der Waals surface area contributed by atoms with Gasteiger partial charge in [0, 0.05) is 10.7 Å². The number of halogens is 1. The Hall–Kier alpha value is -2.93.